The Kier molecular flexibility index (Phi) is 3.98. The van der Waals surface area contributed by atoms with Gasteiger partial charge in [-0.3, -0.25) is 0 Å². The van der Waals surface area contributed by atoms with Gasteiger partial charge in [0.25, 0.3) is 0 Å². The molecule has 3 nitrogen and oxygen atoms in total. The van der Waals surface area contributed by atoms with E-state index in [0.717, 1.165) is 23.3 Å². The summed E-state index contributed by atoms with van der Waals surface area (Å²) in [5, 5.41) is 0. The first-order chi connectivity index (χ1) is 12.2. The summed E-state index contributed by atoms with van der Waals surface area (Å²) in [5.41, 5.74) is 6.92. The number of hydrogen-bond acceptors (Lipinski definition) is 2. The van der Waals surface area contributed by atoms with E-state index >= 15 is 0 Å². The van der Waals surface area contributed by atoms with Crippen molar-refractivity contribution < 1.29 is 0 Å². The molecule has 0 spiro atoms. The zero-order chi connectivity index (χ0) is 17.2. The van der Waals surface area contributed by atoms with Crippen molar-refractivity contribution in [3.63, 3.8) is 0 Å². The average Bonchev–Trinajstić information content (AvgIpc) is 3.02. The van der Waals surface area contributed by atoms with Crippen LogP contribution in [0.1, 0.15) is 11.3 Å². The van der Waals surface area contributed by atoms with Gasteiger partial charge in [-0.05, 0) is 29.8 Å². The van der Waals surface area contributed by atoms with Crippen LogP contribution in [-0.2, 0) is 6.42 Å². The van der Waals surface area contributed by atoms with Gasteiger partial charge in [0.15, 0.2) is 0 Å². The molecular weight excluding hydrogens is 306 g/mol. The standard InChI is InChI=1S/C22H21N3/c1-24(2)19-13-11-17(12-14-19)16-20-22(18-8-4-3-5-9-18)23-21-10-6-7-15-25(20)21/h3-15H,16H2,1-2H3. The molecule has 0 amide bonds. The third-order valence-corrected chi connectivity index (χ3v) is 4.50. The first kappa shape index (κ1) is 15.5. The predicted octanol–water partition coefficient (Wildman–Crippen LogP) is 4.66. The summed E-state index contributed by atoms with van der Waals surface area (Å²) < 4.78 is 2.20. The van der Waals surface area contributed by atoms with Gasteiger partial charge in [0.2, 0.25) is 0 Å². The Balaban J connectivity index is 1.80. The number of benzene rings is 2. The second-order valence-electron chi connectivity index (χ2n) is 6.44. The van der Waals surface area contributed by atoms with E-state index < -0.39 is 0 Å². The maximum absolute atomic E-state index is 4.88. The third kappa shape index (κ3) is 3.01. The summed E-state index contributed by atoms with van der Waals surface area (Å²) in [4.78, 5) is 7.00. The molecule has 0 aliphatic heterocycles. The molecule has 0 aliphatic rings. The molecular formula is C22H21N3. The second kappa shape index (κ2) is 6.44. The van der Waals surface area contributed by atoms with Crippen molar-refractivity contribution in [3.05, 3.63) is 90.3 Å². The fourth-order valence-electron chi connectivity index (χ4n) is 3.15. The molecule has 2 aromatic heterocycles. The number of imidazole rings is 1. The van der Waals surface area contributed by atoms with Crippen LogP contribution >= 0.6 is 0 Å². The maximum atomic E-state index is 4.88. The average molecular weight is 327 g/mol. The van der Waals surface area contributed by atoms with Crippen molar-refractivity contribution in [1.82, 2.24) is 9.38 Å². The van der Waals surface area contributed by atoms with Gasteiger partial charge in [-0.1, -0.05) is 48.5 Å². The lowest BCUT2D eigenvalue weighted by Crippen LogP contribution is -2.08. The van der Waals surface area contributed by atoms with Crippen LogP contribution < -0.4 is 4.90 Å². The van der Waals surface area contributed by atoms with Crippen molar-refractivity contribution in [1.29, 1.82) is 0 Å². The Hall–Kier alpha value is -3.07. The van der Waals surface area contributed by atoms with Gasteiger partial charge in [0.1, 0.15) is 5.65 Å². The highest BCUT2D eigenvalue weighted by Gasteiger charge is 2.14. The number of pyridine rings is 1. The van der Waals surface area contributed by atoms with Gasteiger partial charge < -0.3 is 9.30 Å². The molecule has 25 heavy (non-hydrogen) atoms. The highest BCUT2D eigenvalue weighted by molar-refractivity contribution is 5.67. The summed E-state index contributed by atoms with van der Waals surface area (Å²) in [7, 11) is 4.12. The Bertz CT molecular complexity index is 983. The summed E-state index contributed by atoms with van der Waals surface area (Å²) in [5.74, 6) is 0. The van der Waals surface area contributed by atoms with Crippen LogP contribution in [0.15, 0.2) is 79.0 Å². The molecule has 0 N–H and O–H groups in total. The van der Waals surface area contributed by atoms with Crippen LogP contribution in [0.4, 0.5) is 5.69 Å². The van der Waals surface area contributed by atoms with E-state index in [4.69, 9.17) is 4.98 Å². The summed E-state index contributed by atoms with van der Waals surface area (Å²) >= 11 is 0. The van der Waals surface area contributed by atoms with E-state index in [1.54, 1.807) is 0 Å². The number of aromatic nitrogens is 2. The Morgan fingerprint density at radius 1 is 0.840 bits per heavy atom. The number of anilines is 1. The van der Waals surface area contributed by atoms with Crippen molar-refractivity contribution >= 4 is 11.3 Å². The second-order valence-corrected chi connectivity index (χ2v) is 6.44. The van der Waals surface area contributed by atoms with E-state index in [0.29, 0.717) is 0 Å². The molecule has 3 heteroatoms. The fraction of sp³-hybridized carbons (Fsp3) is 0.136. The quantitative estimate of drug-likeness (QED) is 0.543. The van der Waals surface area contributed by atoms with Crippen molar-refractivity contribution in [2.45, 2.75) is 6.42 Å². The fourth-order valence-corrected chi connectivity index (χ4v) is 3.15. The first-order valence-electron chi connectivity index (χ1n) is 8.50. The van der Waals surface area contributed by atoms with E-state index in [-0.39, 0.29) is 0 Å². The van der Waals surface area contributed by atoms with Gasteiger partial charge in [-0.25, -0.2) is 4.98 Å². The number of rotatable bonds is 4. The van der Waals surface area contributed by atoms with Crippen LogP contribution in [0, 0.1) is 0 Å². The van der Waals surface area contributed by atoms with E-state index in [2.05, 4.69) is 90.3 Å². The molecule has 4 rings (SSSR count). The van der Waals surface area contributed by atoms with Gasteiger partial charge in [-0.2, -0.15) is 0 Å². The Morgan fingerprint density at radius 3 is 2.28 bits per heavy atom. The molecule has 2 aromatic carbocycles. The van der Waals surface area contributed by atoms with Crippen molar-refractivity contribution in [3.8, 4) is 11.3 Å². The Morgan fingerprint density at radius 2 is 1.56 bits per heavy atom. The lowest BCUT2D eigenvalue weighted by molar-refractivity contribution is 1.03. The minimum atomic E-state index is 0.850. The molecule has 0 radical (unpaired) electrons. The molecule has 0 fully saturated rings. The minimum Gasteiger partial charge on any atom is -0.378 e. The van der Waals surface area contributed by atoms with Crippen LogP contribution in [0.5, 0.6) is 0 Å². The molecule has 124 valence electrons. The summed E-state index contributed by atoms with van der Waals surface area (Å²) in [6.45, 7) is 0. The van der Waals surface area contributed by atoms with Crippen LogP contribution in [0.2, 0.25) is 0 Å². The van der Waals surface area contributed by atoms with Gasteiger partial charge >= 0.3 is 0 Å². The maximum Gasteiger partial charge on any atom is 0.137 e. The van der Waals surface area contributed by atoms with E-state index in [9.17, 15) is 0 Å². The summed E-state index contributed by atoms with van der Waals surface area (Å²) in [6, 6.07) is 25.3. The van der Waals surface area contributed by atoms with Crippen molar-refractivity contribution in [2.24, 2.45) is 0 Å². The highest BCUT2D eigenvalue weighted by Crippen LogP contribution is 2.27. The van der Waals surface area contributed by atoms with Crippen molar-refractivity contribution in [2.75, 3.05) is 19.0 Å². The third-order valence-electron chi connectivity index (χ3n) is 4.50. The highest BCUT2D eigenvalue weighted by atomic mass is 15.1. The van der Waals surface area contributed by atoms with E-state index in [1.165, 1.54) is 16.9 Å². The molecule has 0 atom stereocenters. The monoisotopic (exact) mass is 327 g/mol. The minimum absolute atomic E-state index is 0.850. The zero-order valence-electron chi connectivity index (χ0n) is 14.6. The van der Waals surface area contributed by atoms with E-state index in [1.807, 2.05) is 12.1 Å². The Labute approximate surface area is 148 Å². The first-order valence-corrected chi connectivity index (χ1v) is 8.50. The number of fused-ring (bicyclic) bond motifs is 1. The molecule has 2 heterocycles. The topological polar surface area (TPSA) is 20.5 Å². The number of hydrogen-bond donors (Lipinski definition) is 0. The smallest absolute Gasteiger partial charge is 0.137 e. The SMILES string of the molecule is CN(C)c1ccc(Cc2c(-c3ccccc3)nc3ccccn23)cc1. The predicted molar refractivity (Wildman–Crippen MR) is 104 cm³/mol. The zero-order valence-corrected chi connectivity index (χ0v) is 14.6. The number of nitrogens with zero attached hydrogens (tertiary/aromatic N) is 3. The molecule has 0 saturated carbocycles. The summed E-state index contributed by atoms with van der Waals surface area (Å²) in [6.07, 6.45) is 2.95. The molecule has 4 aromatic rings. The molecule has 0 aliphatic carbocycles. The van der Waals surface area contributed by atoms with Gasteiger partial charge in [0.05, 0.1) is 11.4 Å². The largest absolute Gasteiger partial charge is 0.378 e. The molecule has 0 saturated heterocycles. The lowest BCUT2D eigenvalue weighted by atomic mass is 10.0. The lowest BCUT2D eigenvalue weighted by Gasteiger charge is -2.13. The van der Waals surface area contributed by atoms with Crippen LogP contribution in [-0.4, -0.2) is 23.5 Å². The molecule has 0 bridgehead atoms. The van der Waals surface area contributed by atoms with Gasteiger partial charge in [-0.15, -0.1) is 0 Å². The van der Waals surface area contributed by atoms with Gasteiger partial charge in [0, 0.05) is 38.0 Å². The van der Waals surface area contributed by atoms with Crippen LogP contribution in [0.25, 0.3) is 16.9 Å². The molecule has 0 unspecified atom stereocenters. The normalized spacial score (nSPS) is 11.0. The van der Waals surface area contributed by atoms with Crippen LogP contribution in [0.3, 0.4) is 0 Å².